The lowest BCUT2D eigenvalue weighted by atomic mass is 9.63. The molecule has 3 heterocycles. The Balaban J connectivity index is 1.27. The predicted octanol–water partition coefficient (Wildman–Crippen LogP) is 1.35. The number of nitrogens with zero attached hydrogens (tertiary/aromatic N) is 6. The molecule has 1 saturated carbocycles. The summed E-state index contributed by atoms with van der Waals surface area (Å²) in [5.41, 5.74) is 8.36. The van der Waals surface area contributed by atoms with Gasteiger partial charge in [-0.3, -0.25) is 14.9 Å². The minimum Gasteiger partial charge on any atom is -0.578 e. The smallest absolute Gasteiger partial charge is 0.369 e. The summed E-state index contributed by atoms with van der Waals surface area (Å²) in [6, 6.07) is 7.98. The zero-order chi connectivity index (χ0) is 25.3. The Morgan fingerprint density at radius 1 is 1.19 bits per heavy atom. The molecule has 2 fully saturated rings. The Bertz CT molecular complexity index is 1290. The normalized spacial score (nSPS) is 17.4. The summed E-state index contributed by atoms with van der Waals surface area (Å²) in [7, 11) is 1.64. The minimum atomic E-state index is -0.510. The third-order valence-electron chi connectivity index (χ3n) is 7.06. The first-order valence-electron chi connectivity index (χ1n) is 11.8. The number of carbonyl (C=O) groups excluding carboxylic acids is 1. The monoisotopic (exact) mass is 489 g/mol. The maximum atomic E-state index is 12.4. The second-order valence-electron chi connectivity index (χ2n) is 9.23. The van der Waals surface area contributed by atoms with Crippen LogP contribution >= 0.6 is 0 Å². The van der Waals surface area contributed by atoms with Crippen LogP contribution in [0, 0.1) is 5.41 Å². The van der Waals surface area contributed by atoms with Gasteiger partial charge in [0, 0.05) is 44.4 Å². The van der Waals surface area contributed by atoms with Crippen molar-refractivity contribution in [3.63, 3.8) is 0 Å². The van der Waals surface area contributed by atoms with E-state index in [2.05, 4.69) is 20.1 Å². The van der Waals surface area contributed by atoms with Crippen molar-refractivity contribution in [3.8, 4) is 11.1 Å². The molecule has 1 aliphatic heterocycles. The summed E-state index contributed by atoms with van der Waals surface area (Å²) in [6.45, 7) is 1.27. The number of amides is 1. The average Bonchev–Trinajstić information content (AvgIpc) is 3.27. The van der Waals surface area contributed by atoms with Crippen LogP contribution in [0.15, 0.2) is 54.0 Å². The number of nitrogens with one attached hydrogen (secondary N) is 1. The highest BCUT2D eigenvalue weighted by Crippen LogP contribution is 2.45. The molecule has 3 aromatic rings. The van der Waals surface area contributed by atoms with Gasteiger partial charge in [-0.2, -0.15) is 5.10 Å². The van der Waals surface area contributed by atoms with Crippen molar-refractivity contribution in [1.82, 2.24) is 24.6 Å². The van der Waals surface area contributed by atoms with Gasteiger partial charge in [-0.05, 0) is 24.0 Å². The molecule has 0 atom stereocenters. The van der Waals surface area contributed by atoms with E-state index in [4.69, 9.17) is 21.0 Å². The first-order valence-corrected chi connectivity index (χ1v) is 11.8. The number of hydrogen-bond donors (Lipinski definition) is 2. The van der Waals surface area contributed by atoms with Crippen LogP contribution in [0.3, 0.4) is 0 Å². The number of ether oxygens (including phenoxy) is 1. The van der Waals surface area contributed by atoms with E-state index < -0.39 is 5.41 Å². The van der Waals surface area contributed by atoms with Crippen LogP contribution < -0.4 is 5.73 Å². The average molecular weight is 490 g/mol. The molecule has 11 nitrogen and oxygen atoms in total. The summed E-state index contributed by atoms with van der Waals surface area (Å²) in [4.78, 5) is 26.5. The molecule has 0 unspecified atom stereocenters. The summed E-state index contributed by atoms with van der Waals surface area (Å²) >= 11 is 0. The number of rotatable bonds is 7. The highest BCUT2D eigenvalue weighted by atomic mass is 16.5. The van der Waals surface area contributed by atoms with Crippen LogP contribution in [0.1, 0.15) is 30.4 Å². The van der Waals surface area contributed by atoms with Crippen molar-refractivity contribution in [2.75, 3.05) is 25.9 Å². The first-order chi connectivity index (χ1) is 17.4. The maximum absolute atomic E-state index is 12.4. The number of nitrogen functional groups attached to an aromatic ring is 1. The van der Waals surface area contributed by atoms with Gasteiger partial charge in [0.05, 0.1) is 17.7 Å². The first kappa shape index (κ1) is 23.6. The van der Waals surface area contributed by atoms with E-state index in [1.54, 1.807) is 30.6 Å². The standard InChI is InChI=1S/C25H28N8O3/c1-36-20-13-32(14-20)21(34)15-33-12-18(11-30-33)22(35)31-23(26)25(7-2-8-25)19-5-3-16(4-6-19)17-9-28-24(27)29-10-17/h3-6,9-12,20H,2,7-8,13-15H2,1H3,(H2,26,31,35)(H2,27,28,29)/p+1. The van der Waals surface area contributed by atoms with Gasteiger partial charge in [-0.15, -0.1) is 4.99 Å². The molecular formula is C25H29N8O3+. The van der Waals surface area contributed by atoms with Crippen molar-refractivity contribution in [3.05, 3.63) is 60.2 Å². The second-order valence-corrected chi connectivity index (χ2v) is 9.23. The highest BCUT2D eigenvalue weighted by molar-refractivity contribution is 6.04. The summed E-state index contributed by atoms with van der Waals surface area (Å²) in [5, 5.41) is 21.4. The number of aliphatic imine (C=N–C) groups is 1. The van der Waals surface area contributed by atoms with Gasteiger partial charge in [-0.1, -0.05) is 30.7 Å². The van der Waals surface area contributed by atoms with Crippen LogP contribution in [0.25, 0.3) is 11.1 Å². The molecule has 1 amide bonds. The van der Waals surface area contributed by atoms with Gasteiger partial charge in [0.2, 0.25) is 11.9 Å². The molecule has 1 aromatic carbocycles. The largest absolute Gasteiger partial charge is 0.578 e. The van der Waals surface area contributed by atoms with Gasteiger partial charge in [0.25, 0.3) is 0 Å². The van der Waals surface area contributed by atoms with Crippen LogP contribution in [0.2, 0.25) is 0 Å². The van der Waals surface area contributed by atoms with E-state index in [1.165, 1.54) is 10.9 Å². The maximum Gasteiger partial charge on any atom is 0.369 e. The van der Waals surface area contributed by atoms with Crippen molar-refractivity contribution >= 4 is 23.6 Å². The van der Waals surface area contributed by atoms with E-state index in [1.807, 2.05) is 24.3 Å². The molecule has 5 N–H and O–H groups in total. The Hall–Kier alpha value is -4.12. The Kier molecular flexibility index (Phi) is 6.23. The Morgan fingerprint density at radius 2 is 1.89 bits per heavy atom. The summed E-state index contributed by atoms with van der Waals surface area (Å²) < 4.78 is 6.71. The highest BCUT2D eigenvalue weighted by Gasteiger charge is 2.43. The van der Waals surface area contributed by atoms with E-state index in [-0.39, 0.29) is 36.2 Å². The number of aromatic nitrogens is 4. The van der Waals surface area contributed by atoms with E-state index in [0.29, 0.717) is 18.7 Å². The minimum absolute atomic E-state index is 0.0379. The number of carbonyl (C=O) groups is 1. The molecule has 0 spiro atoms. The van der Waals surface area contributed by atoms with E-state index in [0.717, 1.165) is 36.0 Å². The number of benzene rings is 1. The van der Waals surface area contributed by atoms with Crippen molar-refractivity contribution < 1.29 is 14.6 Å². The number of likely N-dealkylation sites (tertiary alicyclic amines) is 1. The number of amidine groups is 1. The van der Waals surface area contributed by atoms with Crippen molar-refractivity contribution in [2.45, 2.75) is 37.3 Å². The molecule has 0 radical (unpaired) electrons. The fourth-order valence-corrected chi connectivity index (χ4v) is 4.55. The Labute approximate surface area is 208 Å². The van der Waals surface area contributed by atoms with Gasteiger partial charge in [-0.25, -0.2) is 9.97 Å². The number of methoxy groups -OCH3 is 1. The molecule has 2 aromatic heterocycles. The number of nitrogens with two attached hydrogens (primary N) is 1. The topological polar surface area (TPSA) is 158 Å². The van der Waals surface area contributed by atoms with Gasteiger partial charge in [0.1, 0.15) is 17.9 Å². The molecule has 5 rings (SSSR count). The Morgan fingerprint density at radius 3 is 2.50 bits per heavy atom. The molecule has 0 bridgehead atoms. The number of hydrogen-bond acceptors (Lipinski definition) is 7. The third-order valence-corrected chi connectivity index (χ3v) is 7.06. The lowest BCUT2D eigenvalue weighted by molar-refractivity contribution is -0.143. The zero-order valence-corrected chi connectivity index (χ0v) is 20.0. The molecule has 1 saturated heterocycles. The quantitative estimate of drug-likeness (QED) is 0.290. The van der Waals surface area contributed by atoms with E-state index >= 15 is 0 Å². The van der Waals surface area contributed by atoms with Crippen LogP contribution in [0.4, 0.5) is 5.95 Å². The summed E-state index contributed by atoms with van der Waals surface area (Å²) in [6.07, 6.45) is 9.21. The zero-order valence-electron chi connectivity index (χ0n) is 20.0. The fraction of sp³-hybridized carbons (Fsp3) is 0.360. The lowest BCUT2D eigenvalue weighted by Gasteiger charge is -2.41. The third kappa shape index (κ3) is 4.44. The number of anilines is 1. The van der Waals surface area contributed by atoms with Crippen LogP contribution in [-0.4, -0.2) is 73.7 Å². The van der Waals surface area contributed by atoms with Gasteiger partial charge < -0.3 is 20.5 Å². The van der Waals surface area contributed by atoms with Crippen molar-refractivity contribution in [1.29, 1.82) is 5.41 Å². The molecular weight excluding hydrogens is 460 g/mol. The van der Waals surface area contributed by atoms with Crippen molar-refractivity contribution in [2.24, 2.45) is 4.99 Å². The SMILES string of the molecule is COC1CN(C(=O)Cn2cc(C([OH2+])=NC(=N)C3(c4ccc(-c5cnc(N)nc5)cc4)CCC3)cn2)C1. The molecule has 186 valence electrons. The molecule has 1 aliphatic carbocycles. The van der Waals surface area contributed by atoms with Gasteiger partial charge >= 0.3 is 5.90 Å². The van der Waals surface area contributed by atoms with Gasteiger partial charge in [0.15, 0.2) is 0 Å². The molecule has 11 heteroatoms. The summed E-state index contributed by atoms with van der Waals surface area (Å²) in [5.74, 6) is 0.313. The fourth-order valence-electron chi connectivity index (χ4n) is 4.55. The molecule has 36 heavy (non-hydrogen) atoms. The van der Waals surface area contributed by atoms with Crippen LogP contribution in [-0.2, 0) is 21.5 Å². The molecule has 2 aliphatic rings. The van der Waals surface area contributed by atoms with Crippen LogP contribution in [0.5, 0.6) is 0 Å². The lowest BCUT2D eigenvalue weighted by Crippen LogP contribution is -2.55. The van der Waals surface area contributed by atoms with E-state index in [9.17, 15) is 4.79 Å². The second kappa shape index (κ2) is 9.50. The predicted molar refractivity (Wildman–Crippen MR) is 135 cm³/mol.